The minimum absolute atomic E-state index is 0.0451. The third-order valence-corrected chi connectivity index (χ3v) is 7.10. The van der Waals surface area contributed by atoms with Crippen LogP contribution in [0.15, 0.2) is 30.6 Å². The third-order valence-electron chi connectivity index (χ3n) is 5.95. The number of benzene rings is 1. The lowest BCUT2D eigenvalue weighted by Gasteiger charge is -2.23. The van der Waals surface area contributed by atoms with Crippen LogP contribution in [0.5, 0.6) is 5.75 Å². The average molecular weight is 540 g/mol. The summed E-state index contributed by atoms with van der Waals surface area (Å²) in [4.78, 5) is 28.1. The molecule has 0 radical (unpaired) electrons. The number of alkyl halides is 3. The number of anilines is 1. The second-order valence-corrected chi connectivity index (χ2v) is 9.76. The van der Waals surface area contributed by atoms with Gasteiger partial charge in [-0.2, -0.15) is 13.2 Å². The molecule has 1 unspecified atom stereocenters. The van der Waals surface area contributed by atoms with Crippen LogP contribution < -0.4 is 10.1 Å². The molecule has 1 aliphatic rings. The van der Waals surface area contributed by atoms with Gasteiger partial charge in [0.05, 0.1) is 30.3 Å². The van der Waals surface area contributed by atoms with Crippen molar-refractivity contribution in [3.05, 3.63) is 51.9 Å². The zero-order valence-electron chi connectivity index (χ0n) is 19.7. The molecule has 3 aromatic rings. The van der Waals surface area contributed by atoms with Crippen molar-refractivity contribution in [2.24, 2.45) is 0 Å². The molecule has 1 aliphatic heterocycles. The molecule has 3 heterocycles. The number of carbonyl (C=O) groups is 1. The van der Waals surface area contributed by atoms with Gasteiger partial charge in [0.25, 0.3) is 5.91 Å². The quantitative estimate of drug-likeness (QED) is 0.362. The Morgan fingerprint density at radius 2 is 2.08 bits per heavy atom. The van der Waals surface area contributed by atoms with E-state index in [0.717, 1.165) is 36.8 Å². The number of hydrogen-bond acceptors (Lipinski definition) is 7. The fraction of sp³-hybridized carbons (Fsp3) is 0.417. The number of thiazole rings is 1. The number of nitrogens with one attached hydrogen (secondary N) is 1. The fourth-order valence-electron chi connectivity index (χ4n) is 4.26. The first kappa shape index (κ1) is 26.3. The second kappa shape index (κ2) is 11.1. The molecule has 0 bridgehead atoms. The molecule has 2 aromatic heterocycles. The number of aromatic nitrogens is 3. The maximum absolute atomic E-state index is 13.8. The van der Waals surface area contributed by atoms with Crippen molar-refractivity contribution in [1.29, 1.82) is 0 Å². The first-order valence-electron chi connectivity index (χ1n) is 11.6. The molecule has 12 heteroatoms. The number of hydrogen-bond donors (Lipinski definition) is 1. The molecular formula is C24H25ClF3N5O2S. The molecule has 36 heavy (non-hydrogen) atoms. The van der Waals surface area contributed by atoms with Crippen molar-refractivity contribution in [1.82, 2.24) is 19.9 Å². The Balaban J connectivity index is 1.71. The maximum atomic E-state index is 13.8. The van der Waals surface area contributed by atoms with E-state index in [0.29, 0.717) is 23.8 Å². The Labute approximate surface area is 215 Å². The molecule has 1 fully saturated rings. The molecule has 0 spiro atoms. The molecule has 1 N–H and O–H groups in total. The van der Waals surface area contributed by atoms with Crippen molar-refractivity contribution >= 4 is 34.0 Å². The van der Waals surface area contributed by atoms with Crippen LogP contribution in [0.4, 0.5) is 18.3 Å². The standard InChI is InChI=1S/C24H25ClF3N5O2S/c1-3-15-6-5-9-33(15)13-19-21(14-7-8-18(35-4-2)16(10-14)24(26,27)28)31-23(36-19)32-22(34)17-11-30-20(25)12-29-17/h7-8,10-12,15H,3-6,9,13H2,1-2H3,(H,31,32,34). The summed E-state index contributed by atoms with van der Waals surface area (Å²) in [5.41, 5.74) is -0.122. The van der Waals surface area contributed by atoms with Gasteiger partial charge in [-0.3, -0.25) is 15.0 Å². The summed E-state index contributed by atoms with van der Waals surface area (Å²) in [6.07, 6.45) is 1.02. The van der Waals surface area contributed by atoms with E-state index in [1.165, 1.54) is 29.8 Å². The van der Waals surface area contributed by atoms with Crippen LogP contribution in [-0.4, -0.2) is 45.0 Å². The van der Waals surface area contributed by atoms with Crippen molar-refractivity contribution in [2.45, 2.75) is 51.9 Å². The van der Waals surface area contributed by atoms with E-state index >= 15 is 0 Å². The predicted octanol–water partition coefficient (Wildman–Crippen LogP) is 6.30. The SMILES string of the molecule is CCOc1ccc(-c2nc(NC(=O)c3cnc(Cl)cn3)sc2CN2CCCC2CC)cc1C(F)(F)F. The van der Waals surface area contributed by atoms with Crippen molar-refractivity contribution in [2.75, 3.05) is 18.5 Å². The highest BCUT2D eigenvalue weighted by atomic mass is 35.5. The predicted molar refractivity (Wildman–Crippen MR) is 132 cm³/mol. The average Bonchev–Trinajstić information content (AvgIpc) is 3.46. The molecule has 0 aliphatic carbocycles. The van der Waals surface area contributed by atoms with Crippen LogP contribution in [0.2, 0.25) is 5.15 Å². The Morgan fingerprint density at radius 1 is 1.28 bits per heavy atom. The van der Waals surface area contributed by atoms with Gasteiger partial charge in [0.1, 0.15) is 16.6 Å². The number of halogens is 4. The van der Waals surface area contributed by atoms with E-state index in [1.54, 1.807) is 13.0 Å². The topological polar surface area (TPSA) is 80.2 Å². The molecule has 1 amide bonds. The molecular weight excluding hydrogens is 515 g/mol. The minimum Gasteiger partial charge on any atom is -0.493 e. The van der Waals surface area contributed by atoms with Gasteiger partial charge in [0, 0.05) is 23.0 Å². The zero-order valence-corrected chi connectivity index (χ0v) is 21.3. The molecule has 1 aromatic carbocycles. The largest absolute Gasteiger partial charge is 0.493 e. The summed E-state index contributed by atoms with van der Waals surface area (Å²) in [5.74, 6) is -0.771. The van der Waals surface area contributed by atoms with Gasteiger partial charge in [0.2, 0.25) is 0 Å². The lowest BCUT2D eigenvalue weighted by atomic mass is 10.1. The lowest BCUT2D eigenvalue weighted by molar-refractivity contribution is -0.138. The Morgan fingerprint density at radius 3 is 2.75 bits per heavy atom. The Bertz CT molecular complexity index is 1220. The van der Waals surface area contributed by atoms with E-state index in [4.69, 9.17) is 16.3 Å². The van der Waals surface area contributed by atoms with Crippen LogP contribution in [-0.2, 0) is 12.7 Å². The zero-order chi connectivity index (χ0) is 25.9. The number of likely N-dealkylation sites (tertiary alicyclic amines) is 1. The first-order chi connectivity index (χ1) is 17.2. The molecule has 1 saturated heterocycles. The van der Waals surface area contributed by atoms with E-state index in [1.807, 2.05) is 0 Å². The molecule has 7 nitrogen and oxygen atoms in total. The Kier molecular flexibility index (Phi) is 8.11. The molecule has 4 rings (SSSR count). The van der Waals surface area contributed by atoms with Crippen LogP contribution in [0.1, 0.15) is 54.0 Å². The summed E-state index contributed by atoms with van der Waals surface area (Å²) >= 11 is 6.98. The number of nitrogens with zero attached hydrogens (tertiary/aromatic N) is 4. The van der Waals surface area contributed by atoms with E-state index in [9.17, 15) is 18.0 Å². The molecule has 192 valence electrons. The van der Waals surface area contributed by atoms with E-state index in [2.05, 4.69) is 32.1 Å². The highest BCUT2D eigenvalue weighted by molar-refractivity contribution is 7.16. The van der Waals surface area contributed by atoms with Gasteiger partial charge >= 0.3 is 6.18 Å². The van der Waals surface area contributed by atoms with Crippen LogP contribution in [0, 0.1) is 0 Å². The highest BCUT2D eigenvalue weighted by Crippen LogP contribution is 2.41. The van der Waals surface area contributed by atoms with Crippen molar-refractivity contribution < 1.29 is 22.7 Å². The van der Waals surface area contributed by atoms with Crippen LogP contribution >= 0.6 is 22.9 Å². The molecule has 1 atom stereocenters. The Hall–Kier alpha value is -2.76. The summed E-state index contributed by atoms with van der Waals surface area (Å²) in [6, 6.07) is 4.34. The number of amides is 1. The van der Waals surface area contributed by atoms with Crippen LogP contribution in [0.25, 0.3) is 11.3 Å². The monoisotopic (exact) mass is 539 g/mol. The van der Waals surface area contributed by atoms with E-state index < -0.39 is 17.6 Å². The number of ether oxygens (including phenoxy) is 1. The minimum atomic E-state index is -4.59. The summed E-state index contributed by atoms with van der Waals surface area (Å²) in [6.45, 7) is 5.29. The second-order valence-electron chi connectivity index (χ2n) is 8.29. The van der Waals surface area contributed by atoms with Crippen molar-refractivity contribution in [3.8, 4) is 17.0 Å². The number of carbonyl (C=O) groups excluding carboxylic acids is 1. The van der Waals surface area contributed by atoms with Gasteiger partial charge in [-0.05, 0) is 50.9 Å². The normalized spacial score (nSPS) is 16.3. The van der Waals surface area contributed by atoms with E-state index in [-0.39, 0.29) is 28.3 Å². The van der Waals surface area contributed by atoms with Gasteiger partial charge in [-0.1, -0.05) is 29.9 Å². The lowest BCUT2D eigenvalue weighted by Crippen LogP contribution is -2.28. The third kappa shape index (κ3) is 5.96. The first-order valence-corrected chi connectivity index (χ1v) is 12.8. The van der Waals surface area contributed by atoms with Gasteiger partial charge < -0.3 is 4.74 Å². The smallest absolute Gasteiger partial charge is 0.419 e. The summed E-state index contributed by atoms with van der Waals surface area (Å²) < 4.78 is 46.6. The molecule has 0 saturated carbocycles. The fourth-order valence-corrected chi connectivity index (χ4v) is 5.36. The van der Waals surface area contributed by atoms with Gasteiger partial charge in [-0.25, -0.2) is 15.0 Å². The number of rotatable bonds is 8. The maximum Gasteiger partial charge on any atom is 0.419 e. The van der Waals surface area contributed by atoms with Gasteiger partial charge in [-0.15, -0.1) is 0 Å². The summed E-state index contributed by atoms with van der Waals surface area (Å²) in [7, 11) is 0. The summed E-state index contributed by atoms with van der Waals surface area (Å²) in [5, 5.41) is 3.10. The van der Waals surface area contributed by atoms with Gasteiger partial charge in [0.15, 0.2) is 5.13 Å². The van der Waals surface area contributed by atoms with Crippen molar-refractivity contribution in [3.63, 3.8) is 0 Å². The van der Waals surface area contributed by atoms with Crippen LogP contribution in [0.3, 0.4) is 0 Å². The highest BCUT2D eigenvalue weighted by Gasteiger charge is 2.35.